The molecular formula is C8H14N2. The minimum absolute atomic E-state index is 0.706. The van der Waals surface area contributed by atoms with Crippen molar-refractivity contribution in [3.05, 3.63) is 12.2 Å². The van der Waals surface area contributed by atoms with Gasteiger partial charge in [-0.3, -0.25) is 9.98 Å². The molecule has 0 fully saturated rings. The molecule has 0 saturated carbocycles. The summed E-state index contributed by atoms with van der Waals surface area (Å²) in [5.74, 6) is 0. The van der Waals surface area contributed by atoms with Gasteiger partial charge in [0.2, 0.25) is 0 Å². The van der Waals surface area contributed by atoms with Crippen LogP contribution in [0.1, 0.15) is 13.8 Å². The molecule has 0 rings (SSSR count). The molecule has 0 bridgehead atoms. The van der Waals surface area contributed by atoms with Gasteiger partial charge in [-0.1, -0.05) is 12.2 Å². The first-order valence-electron chi connectivity index (χ1n) is 3.24. The molecule has 0 N–H and O–H groups in total. The topological polar surface area (TPSA) is 24.7 Å². The fourth-order valence-electron chi connectivity index (χ4n) is 0.487. The molecule has 0 aliphatic heterocycles. The summed E-state index contributed by atoms with van der Waals surface area (Å²) in [4.78, 5) is 8.01. The zero-order valence-electron chi connectivity index (χ0n) is 6.89. The Morgan fingerprint density at radius 1 is 1.50 bits per heavy atom. The zero-order chi connectivity index (χ0) is 7.98. The zero-order valence-corrected chi connectivity index (χ0v) is 6.89. The van der Waals surface area contributed by atoms with Crippen molar-refractivity contribution in [3.63, 3.8) is 0 Å². The highest BCUT2D eigenvalue weighted by molar-refractivity contribution is 6.29. The highest BCUT2D eigenvalue weighted by Gasteiger charge is 1.83. The maximum atomic E-state index is 4.18. The molecule has 0 aliphatic carbocycles. The van der Waals surface area contributed by atoms with Crippen molar-refractivity contribution in [2.75, 3.05) is 13.6 Å². The lowest BCUT2D eigenvalue weighted by atomic mass is 10.3. The second kappa shape index (κ2) is 4.91. The van der Waals surface area contributed by atoms with E-state index in [4.69, 9.17) is 0 Å². The van der Waals surface area contributed by atoms with Crippen LogP contribution < -0.4 is 0 Å². The first kappa shape index (κ1) is 9.08. The molecule has 0 amide bonds. The van der Waals surface area contributed by atoms with Crippen LogP contribution >= 0.6 is 0 Å². The van der Waals surface area contributed by atoms with Crippen molar-refractivity contribution in [1.82, 2.24) is 0 Å². The van der Waals surface area contributed by atoms with Gasteiger partial charge in [-0.15, -0.1) is 0 Å². The van der Waals surface area contributed by atoms with Gasteiger partial charge in [0.25, 0.3) is 0 Å². The summed E-state index contributed by atoms with van der Waals surface area (Å²) in [6.45, 7) is 8.33. The van der Waals surface area contributed by atoms with Crippen molar-refractivity contribution < 1.29 is 0 Å². The summed E-state index contributed by atoms with van der Waals surface area (Å²) in [6.07, 6.45) is 1.74. The van der Waals surface area contributed by atoms with Gasteiger partial charge in [-0.2, -0.15) is 0 Å². The van der Waals surface area contributed by atoms with E-state index in [1.807, 2.05) is 13.8 Å². The molecule has 0 aromatic carbocycles. The van der Waals surface area contributed by atoms with Crippen LogP contribution in [-0.2, 0) is 0 Å². The minimum atomic E-state index is 0.706. The van der Waals surface area contributed by atoms with Crippen LogP contribution in [0, 0.1) is 0 Å². The Balaban J connectivity index is 3.80. The van der Waals surface area contributed by atoms with Crippen LogP contribution in [0.2, 0.25) is 0 Å². The molecule has 0 atom stereocenters. The Morgan fingerprint density at radius 3 is 2.50 bits per heavy atom. The molecule has 0 unspecified atom stereocenters. The summed E-state index contributed by atoms with van der Waals surface area (Å²) < 4.78 is 0. The molecule has 0 spiro atoms. The van der Waals surface area contributed by atoms with Gasteiger partial charge in [0, 0.05) is 19.0 Å². The predicted molar refractivity (Wildman–Crippen MR) is 47.2 cm³/mol. The third kappa shape index (κ3) is 5.22. The van der Waals surface area contributed by atoms with Crippen LogP contribution in [0.3, 0.4) is 0 Å². The fourth-order valence-corrected chi connectivity index (χ4v) is 0.487. The number of hydrogen-bond acceptors (Lipinski definition) is 2. The van der Waals surface area contributed by atoms with E-state index in [1.54, 1.807) is 13.3 Å². The maximum absolute atomic E-state index is 4.18. The van der Waals surface area contributed by atoms with E-state index in [0.717, 1.165) is 11.3 Å². The quantitative estimate of drug-likeness (QED) is 0.419. The molecule has 56 valence electrons. The van der Waals surface area contributed by atoms with Gasteiger partial charge in [-0.05, 0) is 13.8 Å². The summed E-state index contributed by atoms with van der Waals surface area (Å²) in [5, 5.41) is 0. The van der Waals surface area contributed by atoms with Crippen molar-refractivity contribution in [2.45, 2.75) is 13.8 Å². The fraction of sp³-hybridized carbons (Fsp3) is 0.500. The molecule has 0 heterocycles. The van der Waals surface area contributed by atoms with Crippen molar-refractivity contribution >= 4 is 11.9 Å². The van der Waals surface area contributed by atoms with Gasteiger partial charge in [-0.25, -0.2) is 0 Å². The number of hydrogen-bond donors (Lipinski definition) is 0. The van der Waals surface area contributed by atoms with E-state index < -0.39 is 0 Å². The number of rotatable bonds is 3. The van der Waals surface area contributed by atoms with Gasteiger partial charge >= 0.3 is 0 Å². The smallest absolute Gasteiger partial charge is 0.0598 e. The lowest BCUT2D eigenvalue weighted by molar-refractivity contribution is 1.15. The molecule has 0 radical (unpaired) electrons. The minimum Gasteiger partial charge on any atom is -0.295 e. The largest absolute Gasteiger partial charge is 0.295 e. The van der Waals surface area contributed by atoms with Gasteiger partial charge < -0.3 is 0 Å². The molecular weight excluding hydrogens is 124 g/mol. The third-order valence-electron chi connectivity index (χ3n) is 0.914. The normalized spacial score (nSPS) is 12.5. The molecule has 0 aromatic heterocycles. The van der Waals surface area contributed by atoms with E-state index in [1.165, 1.54) is 0 Å². The molecule has 2 heteroatoms. The Hall–Kier alpha value is -0.920. The molecule has 0 saturated heterocycles. The standard InChI is InChI=1S/C8H14N2/c1-7(2)5-10-8(3)6-9-4/h6H,1,5H2,2-4H3. The van der Waals surface area contributed by atoms with Gasteiger partial charge in [0.15, 0.2) is 0 Å². The number of aliphatic imine (C=N–C) groups is 2. The summed E-state index contributed by atoms with van der Waals surface area (Å²) >= 11 is 0. The average molecular weight is 138 g/mol. The summed E-state index contributed by atoms with van der Waals surface area (Å²) in [5.41, 5.74) is 2.02. The SMILES string of the molecule is C=C(C)CN=C(C)C=NC. The summed E-state index contributed by atoms with van der Waals surface area (Å²) in [7, 11) is 1.74. The van der Waals surface area contributed by atoms with E-state index in [2.05, 4.69) is 16.6 Å². The first-order chi connectivity index (χ1) is 4.66. The Labute approximate surface area is 62.4 Å². The third-order valence-corrected chi connectivity index (χ3v) is 0.914. The summed E-state index contributed by atoms with van der Waals surface area (Å²) in [6, 6.07) is 0. The van der Waals surface area contributed by atoms with Crippen LogP contribution in [0.25, 0.3) is 0 Å². The first-order valence-corrected chi connectivity index (χ1v) is 3.24. The lowest BCUT2D eigenvalue weighted by Gasteiger charge is -1.91. The molecule has 10 heavy (non-hydrogen) atoms. The predicted octanol–water partition coefficient (Wildman–Crippen LogP) is 1.72. The number of nitrogens with zero attached hydrogens (tertiary/aromatic N) is 2. The monoisotopic (exact) mass is 138 g/mol. The van der Waals surface area contributed by atoms with Crippen LogP contribution in [0.5, 0.6) is 0 Å². The lowest BCUT2D eigenvalue weighted by Crippen LogP contribution is -1.94. The Morgan fingerprint density at radius 2 is 2.10 bits per heavy atom. The molecule has 0 aromatic rings. The van der Waals surface area contributed by atoms with Crippen molar-refractivity contribution in [3.8, 4) is 0 Å². The van der Waals surface area contributed by atoms with Gasteiger partial charge in [0.05, 0.1) is 6.54 Å². The van der Waals surface area contributed by atoms with Crippen LogP contribution in [0.15, 0.2) is 22.1 Å². The van der Waals surface area contributed by atoms with Crippen molar-refractivity contribution in [1.29, 1.82) is 0 Å². The van der Waals surface area contributed by atoms with Crippen molar-refractivity contribution in [2.24, 2.45) is 9.98 Å². The van der Waals surface area contributed by atoms with E-state index in [0.29, 0.717) is 6.54 Å². The maximum Gasteiger partial charge on any atom is 0.0598 e. The highest BCUT2D eigenvalue weighted by Crippen LogP contribution is 1.87. The molecule has 2 nitrogen and oxygen atoms in total. The second-order valence-corrected chi connectivity index (χ2v) is 2.30. The molecule has 0 aliphatic rings. The average Bonchev–Trinajstić information content (AvgIpc) is 1.85. The van der Waals surface area contributed by atoms with Gasteiger partial charge in [0.1, 0.15) is 0 Å². The van der Waals surface area contributed by atoms with Crippen LogP contribution in [-0.4, -0.2) is 25.5 Å². The van der Waals surface area contributed by atoms with Crippen LogP contribution in [0.4, 0.5) is 0 Å². The van der Waals surface area contributed by atoms with E-state index >= 15 is 0 Å². The Kier molecular flexibility index (Phi) is 4.46. The second-order valence-electron chi connectivity index (χ2n) is 2.30. The Bertz CT molecular complexity index is 166. The van der Waals surface area contributed by atoms with E-state index in [9.17, 15) is 0 Å². The highest BCUT2D eigenvalue weighted by atomic mass is 14.8. The van der Waals surface area contributed by atoms with E-state index in [-0.39, 0.29) is 0 Å².